The predicted molar refractivity (Wildman–Crippen MR) is 166 cm³/mol. The first kappa shape index (κ1) is 28.9. The van der Waals surface area contributed by atoms with Gasteiger partial charge in [-0.2, -0.15) is 4.98 Å². The van der Waals surface area contributed by atoms with Crippen LogP contribution in [0.15, 0.2) is 29.2 Å². The first-order valence-electron chi connectivity index (χ1n) is 15.6. The molecule has 0 spiro atoms. The van der Waals surface area contributed by atoms with Gasteiger partial charge in [-0.05, 0) is 89.3 Å². The summed E-state index contributed by atoms with van der Waals surface area (Å²) in [6.45, 7) is 11.5. The van der Waals surface area contributed by atoms with Crippen LogP contribution in [0.1, 0.15) is 70.9 Å². The molecule has 1 aromatic carbocycles. The van der Waals surface area contributed by atoms with Crippen molar-refractivity contribution in [2.75, 3.05) is 45.1 Å². The van der Waals surface area contributed by atoms with Crippen LogP contribution in [0.25, 0.3) is 21.8 Å². The number of carbonyl (C=O) groups is 1. The minimum absolute atomic E-state index is 0.00597. The summed E-state index contributed by atoms with van der Waals surface area (Å²) in [7, 11) is 2.16. The molecule has 3 aromatic rings. The Morgan fingerprint density at radius 1 is 1.00 bits per heavy atom. The van der Waals surface area contributed by atoms with Crippen LogP contribution in [0.4, 0.5) is 10.7 Å². The molecule has 6 rings (SSSR count). The lowest BCUT2D eigenvalue weighted by molar-refractivity contribution is 0.0488. The highest BCUT2D eigenvalue weighted by molar-refractivity contribution is 6.04. The zero-order valence-corrected chi connectivity index (χ0v) is 25.5. The maximum atomic E-state index is 14.3. The highest BCUT2D eigenvalue weighted by atomic mass is 16.6. The first-order valence-corrected chi connectivity index (χ1v) is 15.6. The van der Waals surface area contributed by atoms with E-state index < -0.39 is 5.60 Å². The van der Waals surface area contributed by atoms with E-state index in [1.54, 1.807) is 0 Å². The number of likely N-dealkylation sites (N-methyl/N-ethyl adjacent to an activating group) is 1. The number of ether oxygens (including phenoxy) is 1. The molecule has 10 heteroatoms. The summed E-state index contributed by atoms with van der Waals surface area (Å²) in [6.07, 6.45) is 7.08. The number of piperazine rings is 1. The molecule has 0 unspecified atom stereocenters. The lowest BCUT2D eigenvalue weighted by atomic mass is 9.90. The Labute approximate surface area is 247 Å². The van der Waals surface area contributed by atoms with E-state index in [2.05, 4.69) is 50.7 Å². The molecule has 1 saturated heterocycles. The lowest BCUT2D eigenvalue weighted by Crippen LogP contribution is -2.43. The van der Waals surface area contributed by atoms with E-state index in [1.165, 1.54) is 12.8 Å². The van der Waals surface area contributed by atoms with Gasteiger partial charge in [-0.1, -0.05) is 12.1 Å². The van der Waals surface area contributed by atoms with Gasteiger partial charge in [0.15, 0.2) is 0 Å². The van der Waals surface area contributed by atoms with E-state index in [4.69, 9.17) is 9.72 Å². The number of nitrogens with zero attached hydrogens (tertiary/aromatic N) is 5. The number of amides is 1. The average Bonchev–Trinajstić information content (AvgIpc) is 3.78. The molecule has 2 saturated carbocycles. The molecule has 2 N–H and O–H groups in total. The minimum Gasteiger partial charge on any atom is -0.444 e. The summed E-state index contributed by atoms with van der Waals surface area (Å²) in [5.41, 5.74) is 1.32. The van der Waals surface area contributed by atoms with Crippen molar-refractivity contribution in [3.05, 3.63) is 40.3 Å². The Morgan fingerprint density at radius 3 is 2.43 bits per heavy atom. The highest BCUT2D eigenvalue weighted by Gasteiger charge is 2.29. The standard InChI is InChI=1S/C32H45N7O3/c1-32(2,3)42-31(41)35-23-8-10-24(11-9-23)39-28-27(19-34-30(36-28)33-18-21-5-6-21)25-12-7-22(17-26(25)29(39)40)20-38-15-13-37(4)14-16-38/h7,12,17,19,21,23-24H,5-6,8-11,13-16,18,20H2,1-4H3,(H,35,41)(H,33,34,36). The highest BCUT2D eigenvalue weighted by Crippen LogP contribution is 2.33. The Bertz CT molecular complexity index is 1490. The van der Waals surface area contributed by atoms with Crippen molar-refractivity contribution >= 4 is 33.8 Å². The number of pyridine rings is 1. The maximum absolute atomic E-state index is 14.3. The molecule has 0 bridgehead atoms. The molecule has 2 aliphatic carbocycles. The summed E-state index contributed by atoms with van der Waals surface area (Å²) in [5.74, 6) is 1.27. The van der Waals surface area contributed by atoms with Crippen molar-refractivity contribution in [3.8, 4) is 0 Å². The smallest absolute Gasteiger partial charge is 0.407 e. The molecule has 0 radical (unpaired) electrons. The van der Waals surface area contributed by atoms with Gasteiger partial charge in [0.05, 0.1) is 0 Å². The van der Waals surface area contributed by atoms with Crippen LogP contribution in [0.5, 0.6) is 0 Å². The molecular formula is C32H45N7O3. The molecule has 2 aromatic heterocycles. The summed E-state index contributed by atoms with van der Waals surface area (Å²) in [4.78, 5) is 41.1. The first-order chi connectivity index (χ1) is 20.1. The van der Waals surface area contributed by atoms with E-state index in [9.17, 15) is 9.59 Å². The number of alkyl carbamates (subject to hydrolysis) is 1. The van der Waals surface area contributed by atoms with Gasteiger partial charge in [-0.15, -0.1) is 0 Å². The normalized spacial score (nSPS) is 22.4. The second kappa shape index (κ2) is 11.8. The predicted octanol–water partition coefficient (Wildman–Crippen LogP) is 4.52. The molecule has 3 fully saturated rings. The quantitative estimate of drug-likeness (QED) is 0.396. The summed E-state index contributed by atoms with van der Waals surface area (Å²) < 4.78 is 7.39. The van der Waals surface area contributed by atoms with E-state index in [-0.39, 0.29) is 23.7 Å². The Kier molecular flexibility index (Phi) is 8.11. The fourth-order valence-corrected chi connectivity index (χ4v) is 6.27. The van der Waals surface area contributed by atoms with Crippen molar-refractivity contribution in [2.45, 2.75) is 83.5 Å². The second-order valence-electron chi connectivity index (χ2n) is 13.5. The van der Waals surface area contributed by atoms with Crippen LogP contribution in [0.3, 0.4) is 0 Å². The molecule has 0 atom stereocenters. The fourth-order valence-electron chi connectivity index (χ4n) is 6.27. The van der Waals surface area contributed by atoms with Crippen LogP contribution < -0.4 is 16.2 Å². The Balaban J connectivity index is 1.30. The third kappa shape index (κ3) is 6.70. The second-order valence-corrected chi connectivity index (χ2v) is 13.5. The van der Waals surface area contributed by atoms with Gasteiger partial charge >= 0.3 is 6.09 Å². The number of rotatable bonds is 7. The van der Waals surface area contributed by atoms with Crippen molar-refractivity contribution in [1.82, 2.24) is 29.7 Å². The number of hydrogen-bond donors (Lipinski definition) is 2. The zero-order valence-electron chi connectivity index (χ0n) is 25.5. The summed E-state index contributed by atoms with van der Waals surface area (Å²) in [6, 6.07) is 6.34. The van der Waals surface area contributed by atoms with Crippen LogP contribution in [0, 0.1) is 5.92 Å². The third-order valence-corrected chi connectivity index (χ3v) is 8.85. The van der Waals surface area contributed by atoms with Crippen molar-refractivity contribution in [1.29, 1.82) is 0 Å². The van der Waals surface area contributed by atoms with Gasteiger partial charge < -0.3 is 20.3 Å². The molecular weight excluding hydrogens is 530 g/mol. The van der Waals surface area contributed by atoms with Gasteiger partial charge in [-0.25, -0.2) is 9.78 Å². The molecule has 3 aliphatic rings. The fraction of sp³-hybridized carbons (Fsp3) is 0.625. The van der Waals surface area contributed by atoms with Crippen molar-refractivity contribution < 1.29 is 9.53 Å². The number of aromatic nitrogens is 3. The van der Waals surface area contributed by atoms with E-state index in [0.29, 0.717) is 17.5 Å². The van der Waals surface area contributed by atoms with Crippen LogP contribution in [-0.2, 0) is 11.3 Å². The van der Waals surface area contributed by atoms with E-state index in [1.807, 2.05) is 31.5 Å². The molecule has 3 heterocycles. The lowest BCUT2D eigenvalue weighted by Gasteiger charge is -2.32. The van der Waals surface area contributed by atoms with E-state index >= 15 is 0 Å². The summed E-state index contributed by atoms with van der Waals surface area (Å²) in [5, 5.41) is 8.96. The number of nitrogens with one attached hydrogen (secondary N) is 2. The van der Waals surface area contributed by atoms with Gasteiger partial charge in [0.1, 0.15) is 11.2 Å². The molecule has 10 nitrogen and oxygen atoms in total. The molecule has 42 heavy (non-hydrogen) atoms. The number of hydrogen-bond acceptors (Lipinski definition) is 8. The number of carbonyl (C=O) groups excluding carboxylic acids is 1. The van der Waals surface area contributed by atoms with Crippen LogP contribution >= 0.6 is 0 Å². The molecule has 1 aliphatic heterocycles. The van der Waals surface area contributed by atoms with Gasteiger partial charge in [0, 0.05) is 68.3 Å². The largest absolute Gasteiger partial charge is 0.444 e. The molecule has 1 amide bonds. The SMILES string of the molecule is CN1CCN(Cc2ccc3c(c2)c(=O)n(C2CCC(NC(=O)OC(C)(C)C)CC2)c2nc(NCC4CC4)ncc32)CC1. The third-order valence-electron chi connectivity index (χ3n) is 8.85. The number of fused-ring (bicyclic) bond motifs is 3. The van der Waals surface area contributed by atoms with E-state index in [0.717, 1.165) is 86.7 Å². The van der Waals surface area contributed by atoms with Crippen LogP contribution in [0.2, 0.25) is 0 Å². The number of anilines is 1. The Hall–Kier alpha value is -3.24. The van der Waals surface area contributed by atoms with Gasteiger partial charge in [0.25, 0.3) is 5.56 Å². The monoisotopic (exact) mass is 575 g/mol. The van der Waals surface area contributed by atoms with Crippen molar-refractivity contribution in [2.24, 2.45) is 5.92 Å². The van der Waals surface area contributed by atoms with Crippen molar-refractivity contribution in [3.63, 3.8) is 0 Å². The topological polar surface area (TPSA) is 105 Å². The van der Waals surface area contributed by atoms with Gasteiger partial charge in [-0.3, -0.25) is 14.3 Å². The number of benzene rings is 1. The minimum atomic E-state index is -0.535. The maximum Gasteiger partial charge on any atom is 0.407 e. The van der Waals surface area contributed by atoms with Gasteiger partial charge in [0.2, 0.25) is 5.95 Å². The zero-order chi connectivity index (χ0) is 29.4. The summed E-state index contributed by atoms with van der Waals surface area (Å²) >= 11 is 0. The Morgan fingerprint density at radius 2 is 1.74 bits per heavy atom. The molecule has 226 valence electrons. The van der Waals surface area contributed by atoms with Crippen LogP contribution in [-0.4, -0.2) is 81.8 Å². The average molecular weight is 576 g/mol.